The lowest BCUT2D eigenvalue weighted by Gasteiger charge is -2.18. The zero-order chi connectivity index (χ0) is 10.8. The molecule has 1 aliphatic heterocycles. The molecule has 2 unspecified atom stereocenters. The van der Waals surface area contributed by atoms with Crippen molar-refractivity contribution in [3.63, 3.8) is 0 Å². The molecule has 1 fully saturated rings. The van der Waals surface area contributed by atoms with E-state index in [4.69, 9.17) is 5.73 Å². The quantitative estimate of drug-likeness (QED) is 0.783. The van der Waals surface area contributed by atoms with Crippen LogP contribution < -0.4 is 10.6 Å². The van der Waals surface area contributed by atoms with E-state index in [1.54, 1.807) is 6.20 Å². The number of nitrogens with two attached hydrogens (primary N) is 1. The first-order valence-electron chi connectivity index (χ1n) is 5.46. The van der Waals surface area contributed by atoms with Crippen molar-refractivity contribution in [2.45, 2.75) is 26.3 Å². The molecule has 4 nitrogen and oxygen atoms in total. The van der Waals surface area contributed by atoms with Gasteiger partial charge in [-0.15, -0.1) is 5.10 Å². The van der Waals surface area contributed by atoms with Crippen LogP contribution in [-0.2, 0) is 0 Å². The fraction of sp³-hybridized carbons (Fsp3) is 0.636. The lowest BCUT2D eigenvalue weighted by atomic mass is 10.0. The van der Waals surface area contributed by atoms with Crippen molar-refractivity contribution in [1.29, 1.82) is 0 Å². The maximum atomic E-state index is 5.91. The van der Waals surface area contributed by atoms with Crippen molar-refractivity contribution >= 4 is 5.82 Å². The van der Waals surface area contributed by atoms with Crippen LogP contribution >= 0.6 is 0 Å². The molecule has 2 N–H and O–H groups in total. The van der Waals surface area contributed by atoms with Gasteiger partial charge < -0.3 is 10.6 Å². The zero-order valence-corrected chi connectivity index (χ0v) is 9.35. The van der Waals surface area contributed by atoms with Gasteiger partial charge in [0.25, 0.3) is 0 Å². The van der Waals surface area contributed by atoms with Crippen LogP contribution in [0.1, 0.15) is 18.9 Å². The number of hydrogen-bond acceptors (Lipinski definition) is 4. The van der Waals surface area contributed by atoms with Crippen LogP contribution in [0.4, 0.5) is 5.82 Å². The largest absolute Gasteiger partial charge is 0.355 e. The third kappa shape index (κ3) is 2.26. The van der Waals surface area contributed by atoms with Crippen molar-refractivity contribution in [1.82, 2.24) is 10.2 Å². The molecule has 2 rings (SSSR count). The fourth-order valence-corrected chi connectivity index (χ4v) is 2.03. The second kappa shape index (κ2) is 4.14. The predicted octanol–water partition coefficient (Wildman–Crippen LogP) is 0.959. The summed E-state index contributed by atoms with van der Waals surface area (Å²) in [7, 11) is 0. The number of aromatic nitrogens is 2. The van der Waals surface area contributed by atoms with Crippen molar-refractivity contribution < 1.29 is 0 Å². The van der Waals surface area contributed by atoms with Crippen LogP contribution in [0.2, 0.25) is 0 Å². The lowest BCUT2D eigenvalue weighted by Crippen LogP contribution is -2.30. The minimum atomic E-state index is 0.271. The van der Waals surface area contributed by atoms with Crippen molar-refractivity contribution in [2.75, 3.05) is 18.0 Å². The van der Waals surface area contributed by atoms with Gasteiger partial charge in [0.15, 0.2) is 5.82 Å². The van der Waals surface area contributed by atoms with Crippen LogP contribution in [0.25, 0.3) is 0 Å². The van der Waals surface area contributed by atoms with E-state index in [1.807, 2.05) is 6.92 Å². The highest BCUT2D eigenvalue weighted by atomic mass is 15.3. The Bertz CT molecular complexity index is 337. The van der Waals surface area contributed by atoms with Crippen LogP contribution in [-0.4, -0.2) is 29.3 Å². The molecule has 1 saturated heterocycles. The van der Waals surface area contributed by atoms with E-state index in [0.29, 0.717) is 5.92 Å². The summed E-state index contributed by atoms with van der Waals surface area (Å²) in [4.78, 5) is 2.27. The Balaban J connectivity index is 2.08. The minimum absolute atomic E-state index is 0.271. The Hall–Kier alpha value is -1.16. The minimum Gasteiger partial charge on any atom is -0.355 e. The van der Waals surface area contributed by atoms with Crippen LogP contribution in [0.5, 0.6) is 0 Å². The van der Waals surface area contributed by atoms with Gasteiger partial charge in [-0.05, 0) is 37.8 Å². The SMILES string of the molecule is Cc1cnnc(N2CCC(C(C)N)C2)c1. The van der Waals surface area contributed by atoms with Gasteiger partial charge in [-0.25, -0.2) is 0 Å². The summed E-state index contributed by atoms with van der Waals surface area (Å²) in [5.41, 5.74) is 7.06. The number of nitrogens with zero attached hydrogens (tertiary/aromatic N) is 3. The normalized spacial score (nSPS) is 23.1. The average Bonchev–Trinajstić information content (AvgIpc) is 2.66. The van der Waals surface area contributed by atoms with Crippen molar-refractivity contribution in [3.05, 3.63) is 17.8 Å². The molecule has 0 aromatic carbocycles. The van der Waals surface area contributed by atoms with Crippen LogP contribution in [0.3, 0.4) is 0 Å². The van der Waals surface area contributed by atoms with E-state index in [2.05, 4.69) is 28.1 Å². The Morgan fingerprint density at radius 3 is 3.00 bits per heavy atom. The van der Waals surface area contributed by atoms with E-state index in [-0.39, 0.29) is 6.04 Å². The number of hydrogen-bond donors (Lipinski definition) is 1. The van der Waals surface area contributed by atoms with Crippen molar-refractivity contribution in [3.8, 4) is 0 Å². The van der Waals surface area contributed by atoms with E-state index in [0.717, 1.165) is 30.9 Å². The highest BCUT2D eigenvalue weighted by Gasteiger charge is 2.26. The summed E-state index contributed by atoms with van der Waals surface area (Å²) in [5.74, 6) is 1.57. The first-order chi connectivity index (χ1) is 7.16. The van der Waals surface area contributed by atoms with Gasteiger partial charge in [0.1, 0.15) is 0 Å². The third-order valence-corrected chi connectivity index (χ3v) is 3.07. The molecular weight excluding hydrogens is 188 g/mol. The maximum Gasteiger partial charge on any atom is 0.151 e. The van der Waals surface area contributed by atoms with E-state index >= 15 is 0 Å². The van der Waals surface area contributed by atoms with Gasteiger partial charge >= 0.3 is 0 Å². The molecule has 15 heavy (non-hydrogen) atoms. The molecule has 0 spiro atoms. The lowest BCUT2D eigenvalue weighted by molar-refractivity contribution is 0.488. The molecule has 1 aromatic rings. The second-order valence-corrected chi connectivity index (χ2v) is 4.45. The number of rotatable bonds is 2. The first-order valence-corrected chi connectivity index (χ1v) is 5.46. The van der Waals surface area contributed by atoms with Gasteiger partial charge in [-0.3, -0.25) is 0 Å². The van der Waals surface area contributed by atoms with Gasteiger partial charge in [-0.1, -0.05) is 0 Å². The summed E-state index contributed by atoms with van der Waals surface area (Å²) in [5, 5.41) is 8.13. The van der Waals surface area contributed by atoms with Gasteiger partial charge in [0, 0.05) is 19.1 Å². The molecule has 0 aliphatic carbocycles. The predicted molar refractivity (Wildman–Crippen MR) is 60.7 cm³/mol. The summed E-state index contributed by atoms with van der Waals surface area (Å²) in [6.07, 6.45) is 2.94. The standard InChI is InChI=1S/C11H18N4/c1-8-5-11(14-13-6-8)15-4-3-10(7-15)9(2)12/h5-6,9-10H,3-4,7,12H2,1-2H3. The Morgan fingerprint density at radius 1 is 1.60 bits per heavy atom. The summed E-state index contributed by atoms with van der Waals surface area (Å²) in [6.45, 7) is 6.17. The Morgan fingerprint density at radius 2 is 2.40 bits per heavy atom. The molecule has 1 aliphatic rings. The first kappa shape index (κ1) is 10.4. The topological polar surface area (TPSA) is 55.0 Å². The van der Waals surface area contributed by atoms with Crippen LogP contribution in [0.15, 0.2) is 12.3 Å². The van der Waals surface area contributed by atoms with E-state index in [9.17, 15) is 0 Å². The highest BCUT2D eigenvalue weighted by molar-refractivity contribution is 5.40. The fourth-order valence-electron chi connectivity index (χ4n) is 2.03. The number of anilines is 1. The Kier molecular flexibility index (Phi) is 2.86. The van der Waals surface area contributed by atoms with Gasteiger partial charge in [-0.2, -0.15) is 5.10 Å². The van der Waals surface area contributed by atoms with Gasteiger partial charge in [0.2, 0.25) is 0 Å². The van der Waals surface area contributed by atoms with Gasteiger partial charge in [0.05, 0.1) is 6.20 Å². The molecule has 4 heteroatoms. The monoisotopic (exact) mass is 206 g/mol. The Labute approximate surface area is 90.5 Å². The van der Waals surface area contributed by atoms with E-state index < -0.39 is 0 Å². The maximum absolute atomic E-state index is 5.91. The zero-order valence-electron chi connectivity index (χ0n) is 9.35. The third-order valence-electron chi connectivity index (χ3n) is 3.07. The van der Waals surface area contributed by atoms with Crippen molar-refractivity contribution in [2.24, 2.45) is 11.7 Å². The van der Waals surface area contributed by atoms with Crippen LogP contribution in [0, 0.1) is 12.8 Å². The summed E-state index contributed by atoms with van der Waals surface area (Å²) in [6, 6.07) is 2.35. The molecule has 2 atom stereocenters. The molecule has 0 radical (unpaired) electrons. The molecular formula is C11H18N4. The molecule has 1 aromatic heterocycles. The molecule has 82 valence electrons. The van der Waals surface area contributed by atoms with E-state index in [1.165, 1.54) is 0 Å². The highest BCUT2D eigenvalue weighted by Crippen LogP contribution is 2.23. The molecule has 2 heterocycles. The molecule has 0 amide bonds. The smallest absolute Gasteiger partial charge is 0.151 e. The summed E-state index contributed by atoms with van der Waals surface area (Å²) < 4.78 is 0. The second-order valence-electron chi connectivity index (χ2n) is 4.45. The molecule has 0 bridgehead atoms. The molecule has 0 saturated carbocycles. The summed E-state index contributed by atoms with van der Waals surface area (Å²) >= 11 is 0. The number of aryl methyl sites for hydroxylation is 1. The average molecular weight is 206 g/mol.